The van der Waals surface area contributed by atoms with Crippen molar-refractivity contribution in [1.82, 2.24) is 20.1 Å². The number of nitrogens with zero attached hydrogens (tertiary/aromatic N) is 4. The molecule has 0 aromatic carbocycles. The number of aromatic nitrogens is 1. The third kappa shape index (κ3) is 6.79. The van der Waals surface area contributed by atoms with Crippen molar-refractivity contribution in [3.63, 3.8) is 0 Å². The molecule has 1 saturated heterocycles. The summed E-state index contributed by atoms with van der Waals surface area (Å²) in [7, 11) is 3.53. The number of hydrogen-bond donors (Lipinski definition) is 1. The van der Waals surface area contributed by atoms with Gasteiger partial charge in [0.1, 0.15) is 12.6 Å². The lowest BCUT2D eigenvalue weighted by atomic mass is 9.96. The van der Waals surface area contributed by atoms with Gasteiger partial charge >= 0.3 is 0 Å². The molecule has 8 heteroatoms. The Morgan fingerprint density at radius 1 is 1.29 bits per heavy atom. The number of hydrogen-bond acceptors (Lipinski definition) is 4. The molecule has 156 valence electrons. The maximum Gasteiger partial charge on any atom is 0.243 e. The van der Waals surface area contributed by atoms with Crippen molar-refractivity contribution in [2.24, 2.45) is 4.99 Å². The van der Waals surface area contributed by atoms with Gasteiger partial charge in [-0.2, -0.15) is 0 Å². The SMILES string of the molecule is CN(C)C(=O)CN=C(NC1CCCCC1)N1CCC(Oc2ccccn2)C1.I. The lowest BCUT2D eigenvalue weighted by Gasteiger charge is -2.29. The number of rotatable bonds is 5. The molecule has 1 N–H and O–H groups in total. The molecule has 1 aromatic heterocycles. The number of amides is 1. The zero-order valence-corrected chi connectivity index (χ0v) is 19.2. The van der Waals surface area contributed by atoms with E-state index in [1.165, 1.54) is 32.1 Å². The van der Waals surface area contributed by atoms with E-state index in [0.29, 0.717) is 11.9 Å². The Bertz CT molecular complexity index is 635. The van der Waals surface area contributed by atoms with E-state index < -0.39 is 0 Å². The van der Waals surface area contributed by atoms with E-state index >= 15 is 0 Å². The van der Waals surface area contributed by atoms with Crippen LogP contribution in [-0.2, 0) is 4.79 Å². The third-order valence-electron chi connectivity index (χ3n) is 5.17. The topological polar surface area (TPSA) is 70.1 Å². The van der Waals surface area contributed by atoms with E-state index in [2.05, 4.69) is 20.2 Å². The molecule has 1 amide bonds. The van der Waals surface area contributed by atoms with Crippen LogP contribution in [0, 0.1) is 0 Å². The molecule has 1 saturated carbocycles. The van der Waals surface area contributed by atoms with Gasteiger partial charge in [-0.15, -0.1) is 24.0 Å². The first-order chi connectivity index (χ1) is 13.1. The number of nitrogens with one attached hydrogen (secondary N) is 1. The van der Waals surface area contributed by atoms with Gasteiger partial charge in [-0.1, -0.05) is 25.3 Å². The second-order valence-corrected chi connectivity index (χ2v) is 7.55. The number of carbonyl (C=O) groups excluding carboxylic acids is 1. The Kier molecular flexibility index (Phi) is 9.27. The number of carbonyl (C=O) groups is 1. The number of likely N-dealkylation sites (tertiary alicyclic amines) is 1. The van der Waals surface area contributed by atoms with Crippen molar-refractivity contribution in [3.05, 3.63) is 24.4 Å². The molecule has 1 aliphatic carbocycles. The average molecular weight is 501 g/mol. The van der Waals surface area contributed by atoms with Crippen molar-refractivity contribution in [2.75, 3.05) is 33.7 Å². The summed E-state index contributed by atoms with van der Waals surface area (Å²) in [6.45, 7) is 1.79. The van der Waals surface area contributed by atoms with Gasteiger partial charge in [-0.05, 0) is 18.9 Å². The van der Waals surface area contributed by atoms with Gasteiger partial charge in [0, 0.05) is 45.4 Å². The van der Waals surface area contributed by atoms with Gasteiger partial charge in [-0.3, -0.25) is 4.79 Å². The summed E-state index contributed by atoms with van der Waals surface area (Å²) in [5.41, 5.74) is 0. The molecule has 0 bridgehead atoms. The highest BCUT2D eigenvalue weighted by molar-refractivity contribution is 14.0. The maximum absolute atomic E-state index is 12.0. The number of pyridine rings is 1. The summed E-state index contributed by atoms with van der Waals surface area (Å²) in [6.07, 6.45) is 8.91. The van der Waals surface area contributed by atoms with Gasteiger partial charge in [0.05, 0.1) is 6.54 Å². The zero-order valence-electron chi connectivity index (χ0n) is 16.8. The van der Waals surface area contributed by atoms with E-state index in [4.69, 9.17) is 4.74 Å². The van der Waals surface area contributed by atoms with Crippen molar-refractivity contribution in [3.8, 4) is 5.88 Å². The van der Waals surface area contributed by atoms with Crippen LogP contribution < -0.4 is 10.1 Å². The van der Waals surface area contributed by atoms with Crippen molar-refractivity contribution in [2.45, 2.75) is 50.7 Å². The van der Waals surface area contributed by atoms with Gasteiger partial charge in [0.2, 0.25) is 11.8 Å². The molecule has 28 heavy (non-hydrogen) atoms. The van der Waals surface area contributed by atoms with Crippen LogP contribution in [0.15, 0.2) is 29.4 Å². The first-order valence-corrected chi connectivity index (χ1v) is 9.95. The van der Waals surface area contributed by atoms with Crippen LogP contribution in [0.2, 0.25) is 0 Å². The van der Waals surface area contributed by atoms with Crippen LogP contribution in [0.3, 0.4) is 0 Å². The normalized spacial score (nSPS) is 20.4. The molecule has 1 unspecified atom stereocenters. The third-order valence-corrected chi connectivity index (χ3v) is 5.17. The van der Waals surface area contributed by atoms with Crippen LogP contribution >= 0.6 is 24.0 Å². The summed E-state index contributed by atoms with van der Waals surface area (Å²) < 4.78 is 6.00. The molecule has 7 nitrogen and oxygen atoms in total. The summed E-state index contributed by atoms with van der Waals surface area (Å²) in [5.74, 6) is 1.51. The van der Waals surface area contributed by atoms with Gasteiger partial charge in [-0.25, -0.2) is 9.98 Å². The second-order valence-electron chi connectivity index (χ2n) is 7.55. The average Bonchev–Trinajstić information content (AvgIpc) is 3.14. The molecule has 2 aliphatic rings. The number of aliphatic imine (C=N–C) groups is 1. The molecule has 0 spiro atoms. The quantitative estimate of drug-likeness (QED) is 0.382. The van der Waals surface area contributed by atoms with Crippen LogP contribution in [0.5, 0.6) is 5.88 Å². The minimum Gasteiger partial charge on any atom is -0.472 e. The molecule has 0 radical (unpaired) electrons. The van der Waals surface area contributed by atoms with E-state index in [1.54, 1.807) is 25.2 Å². The molecule has 3 rings (SSSR count). The number of halogens is 1. The molecule has 1 aliphatic heterocycles. The fourth-order valence-corrected chi connectivity index (χ4v) is 3.55. The molecule has 2 heterocycles. The Hall–Kier alpha value is -1.58. The highest BCUT2D eigenvalue weighted by atomic mass is 127. The standard InChI is InChI=1S/C20H31N5O2.HI/c1-24(2)19(26)14-22-20(23-16-8-4-3-5-9-16)25-13-11-17(15-25)27-18-10-6-7-12-21-18;/h6-7,10,12,16-17H,3-5,8-9,11,13-15H2,1-2H3,(H,22,23);1H. The Morgan fingerprint density at radius 3 is 2.75 bits per heavy atom. The van der Waals surface area contributed by atoms with Crippen molar-refractivity contribution < 1.29 is 9.53 Å². The first-order valence-electron chi connectivity index (χ1n) is 9.95. The van der Waals surface area contributed by atoms with E-state index in [9.17, 15) is 4.79 Å². The monoisotopic (exact) mass is 501 g/mol. The largest absolute Gasteiger partial charge is 0.472 e. The highest BCUT2D eigenvalue weighted by Gasteiger charge is 2.28. The minimum absolute atomic E-state index is 0. The Morgan fingerprint density at radius 2 is 2.07 bits per heavy atom. The number of ether oxygens (including phenoxy) is 1. The molecular formula is C20H32IN5O2. The summed E-state index contributed by atoms with van der Waals surface area (Å²) in [5, 5.41) is 3.61. The number of likely N-dealkylation sites (N-methyl/N-ethyl adjacent to an activating group) is 1. The predicted octanol–water partition coefficient (Wildman–Crippen LogP) is 2.52. The van der Waals surface area contributed by atoms with Crippen LogP contribution in [0.1, 0.15) is 38.5 Å². The van der Waals surface area contributed by atoms with Crippen LogP contribution in [0.25, 0.3) is 0 Å². The molecule has 2 fully saturated rings. The lowest BCUT2D eigenvalue weighted by molar-refractivity contribution is -0.127. The van der Waals surface area contributed by atoms with Crippen molar-refractivity contribution >= 4 is 35.8 Å². The Balaban J connectivity index is 0.00000280. The van der Waals surface area contributed by atoms with Gasteiger partial charge in [0.25, 0.3) is 0 Å². The van der Waals surface area contributed by atoms with E-state index in [0.717, 1.165) is 25.5 Å². The summed E-state index contributed by atoms with van der Waals surface area (Å²) in [6, 6.07) is 6.14. The van der Waals surface area contributed by atoms with Crippen LogP contribution in [0.4, 0.5) is 0 Å². The van der Waals surface area contributed by atoms with E-state index in [1.807, 2.05) is 18.2 Å². The second kappa shape index (κ2) is 11.4. The Labute approximate surface area is 184 Å². The molecular weight excluding hydrogens is 469 g/mol. The molecule has 1 aromatic rings. The number of guanidine groups is 1. The van der Waals surface area contributed by atoms with E-state index in [-0.39, 0.29) is 42.5 Å². The summed E-state index contributed by atoms with van der Waals surface area (Å²) in [4.78, 5) is 24.7. The smallest absolute Gasteiger partial charge is 0.243 e. The van der Waals surface area contributed by atoms with Gasteiger partial charge in [0.15, 0.2) is 5.96 Å². The first kappa shape index (κ1) is 22.7. The van der Waals surface area contributed by atoms with Crippen LogP contribution in [-0.4, -0.2) is 72.5 Å². The highest BCUT2D eigenvalue weighted by Crippen LogP contribution is 2.20. The molecule has 1 atom stereocenters. The van der Waals surface area contributed by atoms with Crippen molar-refractivity contribution in [1.29, 1.82) is 0 Å². The predicted molar refractivity (Wildman–Crippen MR) is 121 cm³/mol. The maximum atomic E-state index is 12.0. The minimum atomic E-state index is 0. The lowest BCUT2D eigenvalue weighted by Crippen LogP contribution is -2.46. The zero-order chi connectivity index (χ0) is 19.1. The summed E-state index contributed by atoms with van der Waals surface area (Å²) >= 11 is 0. The fourth-order valence-electron chi connectivity index (χ4n) is 3.55. The fraction of sp³-hybridized carbons (Fsp3) is 0.650. The van der Waals surface area contributed by atoms with Gasteiger partial charge < -0.3 is 19.9 Å².